The maximum absolute atomic E-state index is 12.8. The van der Waals surface area contributed by atoms with Crippen molar-refractivity contribution in [2.45, 2.75) is 6.18 Å². The number of rotatable bonds is 4. The van der Waals surface area contributed by atoms with Crippen molar-refractivity contribution >= 4 is 38.3 Å². The van der Waals surface area contributed by atoms with Crippen molar-refractivity contribution in [2.24, 2.45) is 0 Å². The number of aromatic nitrogens is 3. The van der Waals surface area contributed by atoms with Gasteiger partial charge in [0.15, 0.2) is 10.8 Å². The summed E-state index contributed by atoms with van der Waals surface area (Å²) in [5.41, 5.74) is 0.935. The van der Waals surface area contributed by atoms with Crippen LogP contribution < -0.4 is 5.32 Å². The van der Waals surface area contributed by atoms with Gasteiger partial charge in [-0.25, -0.2) is 9.97 Å². The predicted molar refractivity (Wildman–Crippen MR) is 112 cm³/mol. The van der Waals surface area contributed by atoms with E-state index in [0.29, 0.717) is 22.0 Å². The lowest BCUT2D eigenvalue weighted by Crippen LogP contribution is -2.13. The van der Waals surface area contributed by atoms with Crippen molar-refractivity contribution in [1.82, 2.24) is 15.0 Å². The molecule has 0 aliphatic heterocycles. The van der Waals surface area contributed by atoms with Crippen molar-refractivity contribution in [3.63, 3.8) is 0 Å². The zero-order valence-corrected chi connectivity index (χ0v) is 17.4. The van der Waals surface area contributed by atoms with E-state index < -0.39 is 17.6 Å². The zero-order valence-electron chi connectivity index (χ0n) is 15.0. The fourth-order valence-corrected chi connectivity index (χ4v) is 3.55. The van der Waals surface area contributed by atoms with Gasteiger partial charge in [0.05, 0.1) is 11.3 Å². The van der Waals surface area contributed by atoms with Crippen LogP contribution in [-0.4, -0.2) is 20.9 Å². The third-order valence-electron chi connectivity index (χ3n) is 4.19. The largest absolute Gasteiger partial charge is 0.416 e. The first kappa shape index (κ1) is 20.3. The van der Waals surface area contributed by atoms with Crippen molar-refractivity contribution in [3.8, 4) is 22.6 Å². The molecule has 1 amide bonds. The van der Waals surface area contributed by atoms with Gasteiger partial charge in [-0.1, -0.05) is 40.2 Å². The molecule has 0 aliphatic rings. The number of hydrogen-bond acceptors (Lipinski definition) is 4. The molecule has 0 unspecified atom stereocenters. The van der Waals surface area contributed by atoms with Crippen LogP contribution in [0.5, 0.6) is 0 Å². The average Bonchev–Trinajstić information content (AvgIpc) is 3.38. The van der Waals surface area contributed by atoms with Gasteiger partial charge in [0.2, 0.25) is 0 Å². The van der Waals surface area contributed by atoms with Gasteiger partial charge in [-0.15, -0.1) is 11.3 Å². The molecule has 0 atom stereocenters. The number of benzene rings is 2. The van der Waals surface area contributed by atoms with Crippen molar-refractivity contribution in [2.75, 3.05) is 5.32 Å². The Morgan fingerprint density at radius 1 is 1.03 bits per heavy atom. The van der Waals surface area contributed by atoms with E-state index in [9.17, 15) is 18.0 Å². The molecule has 4 aromatic rings. The van der Waals surface area contributed by atoms with Crippen LogP contribution >= 0.6 is 27.3 Å². The third-order valence-corrected chi connectivity index (χ3v) is 5.41. The second-order valence-electron chi connectivity index (χ2n) is 6.18. The Labute approximate surface area is 181 Å². The lowest BCUT2D eigenvalue weighted by Gasteiger charge is -2.06. The van der Waals surface area contributed by atoms with Crippen LogP contribution in [0, 0.1) is 0 Å². The Balaban J connectivity index is 1.75. The van der Waals surface area contributed by atoms with Gasteiger partial charge in [-0.05, 0) is 24.3 Å². The minimum Gasteiger partial charge on any atom is -0.337 e. The Kier molecular flexibility index (Phi) is 5.44. The van der Waals surface area contributed by atoms with E-state index in [0.717, 1.165) is 16.6 Å². The summed E-state index contributed by atoms with van der Waals surface area (Å²) in [5, 5.41) is 4.82. The summed E-state index contributed by atoms with van der Waals surface area (Å²) >= 11 is 4.63. The Morgan fingerprint density at radius 2 is 1.70 bits per heavy atom. The average molecular weight is 493 g/mol. The number of hydrogen-bond donors (Lipinski definition) is 2. The van der Waals surface area contributed by atoms with Gasteiger partial charge < -0.3 is 4.98 Å². The van der Waals surface area contributed by atoms with Crippen molar-refractivity contribution in [3.05, 3.63) is 75.8 Å². The molecular formula is C20H12BrF3N4OS. The number of nitrogens with one attached hydrogen (secondary N) is 2. The first-order chi connectivity index (χ1) is 14.3. The number of carbonyl (C=O) groups is 1. The SMILES string of the molecule is O=C(Nc1nccs1)c1nc(-c2ccc(C(F)(F)F)cc2)[nH]c1-c1ccc(Br)cc1. The fourth-order valence-electron chi connectivity index (χ4n) is 2.76. The molecule has 0 saturated heterocycles. The molecule has 2 heterocycles. The molecule has 30 heavy (non-hydrogen) atoms. The maximum atomic E-state index is 12.8. The summed E-state index contributed by atoms with van der Waals surface area (Å²) in [4.78, 5) is 24.3. The monoisotopic (exact) mass is 492 g/mol. The van der Waals surface area contributed by atoms with E-state index in [1.807, 2.05) is 12.1 Å². The van der Waals surface area contributed by atoms with Gasteiger partial charge in [0.1, 0.15) is 5.82 Å². The number of carbonyl (C=O) groups excluding carboxylic acids is 1. The first-order valence-electron chi connectivity index (χ1n) is 8.55. The van der Waals surface area contributed by atoms with Gasteiger partial charge in [0, 0.05) is 27.2 Å². The van der Waals surface area contributed by atoms with Gasteiger partial charge in [-0.3, -0.25) is 10.1 Å². The topological polar surface area (TPSA) is 70.7 Å². The molecule has 0 bridgehead atoms. The van der Waals surface area contributed by atoms with E-state index in [4.69, 9.17) is 0 Å². The predicted octanol–water partition coefficient (Wildman–Crippen LogP) is 6.23. The number of imidazole rings is 1. The summed E-state index contributed by atoms with van der Waals surface area (Å²) in [5.74, 6) is -0.191. The van der Waals surface area contributed by atoms with Gasteiger partial charge in [-0.2, -0.15) is 13.2 Å². The molecule has 0 spiro atoms. The van der Waals surface area contributed by atoms with Crippen molar-refractivity contribution in [1.29, 1.82) is 0 Å². The molecule has 2 aromatic heterocycles. The molecule has 4 rings (SSSR count). The van der Waals surface area contributed by atoms with E-state index in [1.165, 1.54) is 23.5 Å². The number of amides is 1. The standard InChI is InChI=1S/C20H12BrF3N4OS/c21-14-7-3-11(4-8-14)15-16(18(29)28-19-25-9-10-30-19)27-17(26-15)12-1-5-13(6-2-12)20(22,23)24/h1-10H,(H,26,27)(H,25,28,29). The highest BCUT2D eigenvalue weighted by Crippen LogP contribution is 2.32. The van der Waals surface area contributed by atoms with Gasteiger partial charge in [0.25, 0.3) is 5.91 Å². The highest BCUT2D eigenvalue weighted by Gasteiger charge is 2.30. The molecule has 10 heteroatoms. The number of halogens is 4. The Bertz CT molecular complexity index is 1170. The number of aromatic amines is 1. The molecule has 5 nitrogen and oxygen atoms in total. The summed E-state index contributed by atoms with van der Waals surface area (Å²) in [6.45, 7) is 0. The van der Waals surface area contributed by atoms with Crippen LogP contribution in [0.2, 0.25) is 0 Å². The minimum absolute atomic E-state index is 0.113. The lowest BCUT2D eigenvalue weighted by atomic mass is 10.1. The molecule has 152 valence electrons. The second kappa shape index (κ2) is 8.04. The van der Waals surface area contributed by atoms with Crippen LogP contribution in [0.1, 0.15) is 16.1 Å². The highest BCUT2D eigenvalue weighted by atomic mass is 79.9. The molecule has 0 aliphatic carbocycles. The van der Waals surface area contributed by atoms with Crippen LogP contribution in [0.4, 0.5) is 18.3 Å². The van der Waals surface area contributed by atoms with Crippen molar-refractivity contribution < 1.29 is 18.0 Å². The number of thiazole rings is 1. The Morgan fingerprint density at radius 3 is 2.30 bits per heavy atom. The zero-order chi connectivity index (χ0) is 21.3. The summed E-state index contributed by atoms with van der Waals surface area (Å²) in [6.07, 6.45) is -2.86. The number of nitrogens with zero attached hydrogens (tertiary/aromatic N) is 2. The van der Waals surface area contributed by atoms with Crippen LogP contribution in [0.15, 0.2) is 64.6 Å². The lowest BCUT2D eigenvalue weighted by molar-refractivity contribution is -0.137. The fraction of sp³-hybridized carbons (Fsp3) is 0.0500. The normalized spacial score (nSPS) is 11.5. The molecule has 0 saturated carbocycles. The third kappa shape index (κ3) is 4.29. The molecule has 0 fully saturated rings. The molecule has 0 radical (unpaired) electrons. The number of H-pyrrole nitrogens is 1. The number of alkyl halides is 3. The quantitative estimate of drug-likeness (QED) is 0.354. The number of anilines is 1. The van der Waals surface area contributed by atoms with Crippen LogP contribution in [-0.2, 0) is 6.18 Å². The van der Waals surface area contributed by atoms with E-state index in [1.54, 1.807) is 23.7 Å². The summed E-state index contributed by atoms with van der Waals surface area (Å²) in [6, 6.07) is 11.8. The molecule has 2 N–H and O–H groups in total. The molecular weight excluding hydrogens is 481 g/mol. The second-order valence-corrected chi connectivity index (χ2v) is 7.99. The minimum atomic E-state index is -4.43. The van der Waals surface area contributed by atoms with E-state index >= 15 is 0 Å². The summed E-state index contributed by atoms with van der Waals surface area (Å²) < 4.78 is 39.4. The van der Waals surface area contributed by atoms with Crippen LogP contribution in [0.25, 0.3) is 22.6 Å². The molecule has 2 aromatic carbocycles. The highest BCUT2D eigenvalue weighted by molar-refractivity contribution is 9.10. The Hall–Kier alpha value is -2.98. The van der Waals surface area contributed by atoms with E-state index in [2.05, 4.69) is 36.2 Å². The van der Waals surface area contributed by atoms with Crippen LogP contribution in [0.3, 0.4) is 0 Å². The summed E-state index contributed by atoms with van der Waals surface area (Å²) in [7, 11) is 0. The maximum Gasteiger partial charge on any atom is 0.416 e. The first-order valence-corrected chi connectivity index (χ1v) is 10.2. The van der Waals surface area contributed by atoms with Gasteiger partial charge >= 0.3 is 6.18 Å². The van der Waals surface area contributed by atoms with E-state index in [-0.39, 0.29) is 11.5 Å². The smallest absolute Gasteiger partial charge is 0.337 e.